The molecule has 0 saturated carbocycles. The number of carbonyl (C=O) groups is 2. The lowest BCUT2D eigenvalue weighted by atomic mass is 10.1. The van der Waals surface area contributed by atoms with Crippen LogP contribution in [0.4, 0.5) is 4.79 Å². The van der Waals surface area contributed by atoms with Crippen LogP contribution in [0.1, 0.15) is 11.1 Å². The van der Waals surface area contributed by atoms with Crippen molar-refractivity contribution in [2.45, 2.75) is 11.4 Å². The molecule has 5 rings (SSSR count). The maximum absolute atomic E-state index is 12.9. The van der Waals surface area contributed by atoms with E-state index in [-0.39, 0.29) is 28.3 Å². The van der Waals surface area contributed by atoms with E-state index in [9.17, 15) is 18.0 Å². The normalized spacial score (nSPS) is 15.2. The van der Waals surface area contributed by atoms with E-state index in [0.29, 0.717) is 10.5 Å². The van der Waals surface area contributed by atoms with Gasteiger partial charge in [-0.15, -0.1) is 0 Å². The van der Waals surface area contributed by atoms with Gasteiger partial charge in [-0.05, 0) is 70.1 Å². The largest absolute Gasteiger partial charge is 0.379 e. The van der Waals surface area contributed by atoms with Gasteiger partial charge in [0.2, 0.25) is 0 Å². The number of rotatable bonds is 6. The Kier molecular flexibility index (Phi) is 6.15. The first-order valence-electron chi connectivity index (χ1n) is 10.7. The van der Waals surface area contributed by atoms with E-state index in [1.807, 2.05) is 42.5 Å². The van der Waals surface area contributed by atoms with Crippen LogP contribution < -0.4 is 4.18 Å². The minimum Gasteiger partial charge on any atom is -0.379 e. The quantitative estimate of drug-likeness (QED) is 0.244. The van der Waals surface area contributed by atoms with Crippen molar-refractivity contribution < 1.29 is 22.2 Å². The van der Waals surface area contributed by atoms with E-state index >= 15 is 0 Å². The Hall–Kier alpha value is -3.88. The molecule has 0 N–H and O–H groups in total. The zero-order chi connectivity index (χ0) is 24.4. The van der Waals surface area contributed by atoms with Gasteiger partial charge in [0.1, 0.15) is 10.6 Å². The molecule has 1 heterocycles. The molecular formula is C27H19NO5S2. The Labute approximate surface area is 207 Å². The van der Waals surface area contributed by atoms with E-state index < -0.39 is 10.1 Å². The molecule has 0 spiro atoms. The van der Waals surface area contributed by atoms with Crippen LogP contribution >= 0.6 is 11.8 Å². The minimum atomic E-state index is -3.94. The van der Waals surface area contributed by atoms with Gasteiger partial charge in [-0.25, -0.2) is 0 Å². The summed E-state index contributed by atoms with van der Waals surface area (Å²) in [5, 5.41) is 1.81. The van der Waals surface area contributed by atoms with E-state index in [4.69, 9.17) is 4.18 Å². The molecule has 4 aromatic rings. The Morgan fingerprint density at radius 1 is 0.800 bits per heavy atom. The summed E-state index contributed by atoms with van der Waals surface area (Å²) >= 11 is 0.882. The Balaban J connectivity index is 1.30. The number of fused-ring (bicyclic) bond motifs is 1. The molecule has 174 valence electrons. The molecule has 8 heteroatoms. The third-order valence-electron chi connectivity index (χ3n) is 5.44. The number of imide groups is 1. The predicted octanol–water partition coefficient (Wildman–Crippen LogP) is 5.84. The SMILES string of the molecule is O=C1S/C(=C\c2ccc(OS(=O)(=O)c3ccccc3)cc2)C(=O)N1Cc1ccc2ccccc2c1. The van der Waals surface area contributed by atoms with Crippen LogP contribution in [0.3, 0.4) is 0 Å². The van der Waals surface area contributed by atoms with Crippen molar-refractivity contribution in [3.05, 3.63) is 113 Å². The van der Waals surface area contributed by atoms with Crippen molar-refractivity contribution in [1.29, 1.82) is 0 Å². The van der Waals surface area contributed by atoms with Crippen LogP contribution in [0.2, 0.25) is 0 Å². The summed E-state index contributed by atoms with van der Waals surface area (Å²) in [5.41, 5.74) is 1.51. The first-order valence-corrected chi connectivity index (χ1v) is 12.9. The van der Waals surface area contributed by atoms with Crippen LogP contribution in [0, 0.1) is 0 Å². The molecule has 1 fully saturated rings. The predicted molar refractivity (Wildman–Crippen MR) is 136 cm³/mol. The molecule has 0 aliphatic carbocycles. The van der Waals surface area contributed by atoms with Crippen LogP contribution in [0.15, 0.2) is 107 Å². The third-order valence-corrected chi connectivity index (χ3v) is 7.61. The highest BCUT2D eigenvalue weighted by molar-refractivity contribution is 8.18. The average Bonchev–Trinajstić information content (AvgIpc) is 3.13. The third kappa shape index (κ3) is 4.99. The monoisotopic (exact) mass is 501 g/mol. The fourth-order valence-electron chi connectivity index (χ4n) is 3.69. The number of benzene rings is 4. The lowest BCUT2D eigenvalue weighted by Crippen LogP contribution is -2.27. The molecule has 0 unspecified atom stereocenters. The maximum atomic E-state index is 12.9. The Bertz CT molecular complexity index is 1560. The molecule has 0 radical (unpaired) electrons. The number of carbonyl (C=O) groups excluding carboxylic acids is 2. The fourth-order valence-corrected chi connectivity index (χ4v) is 5.48. The summed E-state index contributed by atoms with van der Waals surface area (Å²) in [6.07, 6.45) is 1.61. The molecule has 0 aromatic heterocycles. The second kappa shape index (κ2) is 9.40. The number of hydrogen-bond acceptors (Lipinski definition) is 6. The molecule has 2 amide bonds. The fraction of sp³-hybridized carbons (Fsp3) is 0.0370. The zero-order valence-corrected chi connectivity index (χ0v) is 20.0. The Morgan fingerprint density at radius 3 is 2.23 bits per heavy atom. The zero-order valence-electron chi connectivity index (χ0n) is 18.3. The molecule has 1 saturated heterocycles. The van der Waals surface area contributed by atoms with Crippen LogP contribution in [0.25, 0.3) is 16.8 Å². The molecule has 1 aliphatic heterocycles. The van der Waals surface area contributed by atoms with Gasteiger partial charge < -0.3 is 4.18 Å². The minimum absolute atomic E-state index is 0.0594. The van der Waals surface area contributed by atoms with Crippen LogP contribution in [-0.4, -0.2) is 24.5 Å². The molecule has 4 aromatic carbocycles. The summed E-state index contributed by atoms with van der Waals surface area (Å²) < 4.78 is 29.9. The average molecular weight is 502 g/mol. The van der Waals surface area contributed by atoms with Crippen molar-refractivity contribution in [3.8, 4) is 5.75 Å². The van der Waals surface area contributed by atoms with Crippen molar-refractivity contribution in [2.24, 2.45) is 0 Å². The van der Waals surface area contributed by atoms with Gasteiger partial charge in [0.25, 0.3) is 11.1 Å². The molecule has 0 bridgehead atoms. The molecule has 6 nitrogen and oxygen atoms in total. The van der Waals surface area contributed by atoms with Crippen molar-refractivity contribution >= 4 is 49.9 Å². The number of nitrogens with zero attached hydrogens (tertiary/aromatic N) is 1. The van der Waals surface area contributed by atoms with Gasteiger partial charge >= 0.3 is 10.1 Å². The maximum Gasteiger partial charge on any atom is 0.339 e. The lowest BCUT2D eigenvalue weighted by Gasteiger charge is -2.13. The van der Waals surface area contributed by atoms with Crippen molar-refractivity contribution in [3.63, 3.8) is 0 Å². The highest BCUT2D eigenvalue weighted by Gasteiger charge is 2.35. The smallest absolute Gasteiger partial charge is 0.339 e. The number of hydrogen-bond donors (Lipinski definition) is 0. The van der Waals surface area contributed by atoms with Gasteiger partial charge in [0.15, 0.2) is 0 Å². The van der Waals surface area contributed by atoms with Gasteiger partial charge in [-0.2, -0.15) is 8.42 Å². The van der Waals surface area contributed by atoms with Crippen molar-refractivity contribution in [1.82, 2.24) is 4.90 Å². The Morgan fingerprint density at radius 2 is 1.49 bits per heavy atom. The molecule has 1 aliphatic rings. The number of amides is 2. The highest BCUT2D eigenvalue weighted by atomic mass is 32.2. The standard InChI is InChI=1S/C27H19NO5S2/c29-26-25(34-27(30)28(26)18-20-10-13-21-6-4-5-7-22(21)16-20)17-19-11-14-23(15-12-19)33-35(31,32)24-8-2-1-3-9-24/h1-17H,18H2/b25-17-. The summed E-state index contributed by atoms with van der Waals surface area (Å²) in [7, 11) is -3.94. The van der Waals surface area contributed by atoms with Crippen LogP contribution in [-0.2, 0) is 21.5 Å². The van der Waals surface area contributed by atoms with Gasteiger partial charge in [-0.1, -0.05) is 66.7 Å². The van der Waals surface area contributed by atoms with E-state index in [2.05, 4.69) is 0 Å². The molecular weight excluding hydrogens is 482 g/mol. The van der Waals surface area contributed by atoms with Crippen LogP contribution in [0.5, 0.6) is 5.75 Å². The van der Waals surface area contributed by atoms with E-state index in [0.717, 1.165) is 28.1 Å². The van der Waals surface area contributed by atoms with Gasteiger partial charge in [0, 0.05) is 0 Å². The highest BCUT2D eigenvalue weighted by Crippen LogP contribution is 2.34. The van der Waals surface area contributed by atoms with Crippen molar-refractivity contribution in [2.75, 3.05) is 0 Å². The summed E-state index contributed by atoms with van der Waals surface area (Å²) in [6.45, 7) is 0.191. The van der Waals surface area contributed by atoms with E-state index in [1.54, 1.807) is 36.4 Å². The van der Waals surface area contributed by atoms with E-state index in [1.165, 1.54) is 29.2 Å². The number of thioether (sulfide) groups is 1. The van der Waals surface area contributed by atoms with Gasteiger partial charge in [-0.3, -0.25) is 14.5 Å². The lowest BCUT2D eigenvalue weighted by molar-refractivity contribution is -0.123. The summed E-state index contributed by atoms with van der Waals surface area (Å²) in [5.74, 6) is -0.212. The first-order chi connectivity index (χ1) is 16.9. The summed E-state index contributed by atoms with van der Waals surface area (Å²) in [6, 6.07) is 27.9. The second-order valence-corrected chi connectivity index (χ2v) is 10.4. The summed E-state index contributed by atoms with van der Waals surface area (Å²) in [4.78, 5) is 27.0. The molecule has 35 heavy (non-hydrogen) atoms. The first kappa shape index (κ1) is 22.9. The molecule has 0 atom stereocenters. The topological polar surface area (TPSA) is 80.8 Å². The van der Waals surface area contributed by atoms with Gasteiger partial charge in [0.05, 0.1) is 11.4 Å². The second-order valence-electron chi connectivity index (χ2n) is 7.87.